The average molecular weight is 484 g/mol. The van der Waals surface area contributed by atoms with E-state index < -0.39 is 0 Å². The fraction of sp³-hybridized carbons (Fsp3) is 0.526. The van der Waals surface area contributed by atoms with Crippen LogP contribution in [0.25, 0.3) is 0 Å². The maximum Gasteiger partial charge on any atom is 0.194 e. The molecule has 0 aliphatic carbocycles. The Morgan fingerprint density at radius 3 is 2.70 bits per heavy atom. The van der Waals surface area contributed by atoms with Crippen molar-refractivity contribution in [1.29, 1.82) is 0 Å². The molecule has 2 heterocycles. The standard InChI is InChI=1S/C19H28N6O.HI/c1-20-19(24(2)14-15-8-10-16(26-3)11-9-15)21-13-18-23-22-17-7-5-4-6-12-25(17)18;/h8-11H,4-7,12-14H2,1-3H3,(H,20,21);1H. The lowest BCUT2D eigenvalue weighted by Crippen LogP contribution is -2.38. The zero-order chi connectivity index (χ0) is 18.4. The number of fused-ring (bicyclic) bond motifs is 1. The number of aryl methyl sites for hydroxylation is 1. The smallest absolute Gasteiger partial charge is 0.194 e. The number of halogens is 1. The fourth-order valence-corrected chi connectivity index (χ4v) is 3.30. The van der Waals surface area contributed by atoms with Crippen LogP contribution in [0.2, 0.25) is 0 Å². The number of guanidine groups is 1. The summed E-state index contributed by atoms with van der Waals surface area (Å²) in [6, 6.07) is 8.09. The van der Waals surface area contributed by atoms with Crippen LogP contribution in [0.15, 0.2) is 29.3 Å². The molecule has 1 aliphatic heterocycles. The first-order chi connectivity index (χ1) is 12.7. The van der Waals surface area contributed by atoms with E-state index in [0.29, 0.717) is 6.54 Å². The Hall–Kier alpha value is -1.84. The summed E-state index contributed by atoms with van der Waals surface area (Å²) in [5.41, 5.74) is 1.20. The van der Waals surface area contributed by atoms with E-state index in [1.807, 2.05) is 19.2 Å². The number of aliphatic imine (C=N–C) groups is 1. The molecule has 0 fully saturated rings. The molecule has 1 aromatic carbocycles. The van der Waals surface area contributed by atoms with E-state index in [2.05, 4.69) is 42.1 Å². The largest absolute Gasteiger partial charge is 0.497 e. The van der Waals surface area contributed by atoms with E-state index in [4.69, 9.17) is 4.74 Å². The van der Waals surface area contributed by atoms with Gasteiger partial charge in [0.15, 0.2) is 11.8 Å². The molecule has 8 heteroatoms. The topological polar surface area (TPSA) is 67.6 Å². The Labute approximate surface area is 178 Å². The first-order valence-corrected chi connectivity index (χ1v) is 9.17. The zero-order valence-electron chi connectivity index (χ0n) is 16.3. The van der Waals surface area contributed by atoms with Gasteiger partial charge in [-0.25, -0.2) is 0 Å². The van der Waals surface area contributed by atoms with Gasteiger partial charge < -0.3 is 19.5 Å². The zero-order valence-corrected chi connectivity index (χ0v) is 18.6. The van der Waals surface area contributed by atoms with Crippen LogP contribution < -0.4 is 10.1 Å². The van der Waals surface area contributed by atoms with Gasteiger partial charge in [0, 0.05) is 33.6 Å². The number of nitrogens with one attached hydrogen (secondary N) is 1. The lowest BCUT2D eigenvalue weighted by atomic mass is 10.2. The summed E-state index contributed by atoms with van der Waals surface area (Å²) in [6.07, 6.45) is 4.70. The molecule has 148 valence electrons. The Kier molecular flexibility index (Phi) is 8.33. The molecule has 0 radical (unpaired) electrons. The first-order valence-electron chi connectivity index (χ1n) is 9.17. The van der Waals surface area contributed by atoms with E-state index in [9.17, 15) is 0 Å². The van der Waals surface area contributed by atoms with Gasteiger partial charge in [-0.3, -0.25) is 4.99 Å². The third-order valence-electron chi connectivity index (χ3n) is 4.74. The minimum Gasteiger partial charge on any atom is -0.497 e. The predicted molar refractivity (Wildman–Crippen MR) is 118 cm³/mol. The van der Waals surface area contributed by atoms with Gasteiger partial charge in [0.25, 0.3) is 0 Å². The van der Waals surface area contributed by atoms with Crippen molar-refractivity contribution in [3.63, 3.8) is 0 Å². The van der Waals surface area contributed by atoms with Crippen molar-refractivity contribution in [2.75, 3.05) is 21.2 Å². The molecule has 0 saturated heterocycles. The molecule has 1 aromatic heterocycles. The number of hydrogen-bond donors (Lipinski definition) is 1. The van der Waals surface area contributed by atoms with Crippen LogP contribution in [0.1, 0.15) is 36.5 Å². The van der Waals surface area contributed by atoms with Crippen LogP contribution in [0, 0.1) is 0 Å². The molecule has 0 bridgehead atoms. The monoisotopic (exact) mass is 484 g/mol. The summed E-state index contributed by atoms with van der Waals surface area (Å²) in [4.78, 5) is 6.50. The minimum absolute atomic E-state index is 0. The van der Waals surface area contributed by atoms with Gasteiger partial charge in [-0.2, -0.15) is 0 Å². The molecule has 2 aromatic rings. The van der Waals surface area contributed by atoms with Crippen molar-refractivity contribution >= 4 is 29.9 Å². The molecule has 3 rings (SSSR count). The Morgan fingerprint density at radius 2 is 2.00 bits per heavy atom. The van der Waals surface area contributed by atoms with Crippen LogP contribution >= 0.6 is 24.0 Å². The lowest BCUT2D eigenvalue weighted by molar-refractivity contribution is 0.414. The lowest BCUT2D eigenvalue weighted by Gasteiger charge is -2.22. The molecule has 0 amide bonds. The summed E-state index contributed by atoms with van der Waals surface area (Å²) in [5.74, 6) is 3.81. The number of nitrogens with zero attached hydrogens (tertiary/aromatic N) is 5. The Balaban J connectivity index is 0.00000261. The highest BCUT2D eigenvalue weighted by atomic mass is 127. The first kappa shape index (κ1) is 21.5. The second-order valence-electron chi connectivity index (χ2n) is 6.60. The predicted octanol–water partition coefficient (Wildman–Crippen LogP) is 2.84. The third kappa shape index (κ3) is 5.57. The Bertz CT molecular complexity index is 743. The summed E-state index contributed by atoms with van der Waals surface area (Å²) < 4.78 is 7.47. The van der Waals surface area contributed by atoms with Crippen LogP contribution in [0.4, 0.5) is 0 Å². The number of ether oxygens (including phenoxy) is 1. The van der Waals surface area contributed by atoms with Crippen LogP contribution in [0.5, 0.6) is 5.75 Å². The van der Waals surface area contributed by atoms with Gasteiger partial charge in [0.2, 0.25) is 0 Å². The van der Waals surface area contributed by atoms with Crippen molar-refractivity contribution in [2.24, 2.45) is 4.99 Å². The summed E-state index contributed by atoms with van der Waals surface area (Å²) in [6.45, 7) is 2.41. The van der Waals surface area contributed by atoms with Crippen molar-refractivity contribution in [1.82, 2.24) is 25.0 Å². The molecule has 0 atom stereocenters. The van der Waals surface area contributed by atoms with Gasteiger partial charge in [0.05, 0.1) is 13.7 Å². The van der Waals surface area contributed by atoms with Crippen molar-refractivity contribution < 1.29 is 4.74 Å². The molecule has 7 nitrogen and oxygen atoms in total. The SMILES string of the molecule is CN=C(NCc1nnc2n1CCCCC2)N(C)Cc1ccc(OC)cc1.I. The maximum absolute atomic E-state index is 5.21. The molecule has 0 unspecified atom stereocenters. The molecule has 0 spiro atoms. The summed E-state index contributed by atoms with van der Waals surface area (Å²) >= 11 is 0. The van der Waals surface area contributed by atoms with E-state index in [-0.39, 0.29) is 24.0 Å². The molecule has 27 heavy (non-hydrogen) atoms. The fourth-order valence-electron chi connectivity index (χ4n) is 3.30. The van der Waals surface area contributed by atoms with E-state index >= 15 is 0 Å². The van der Waals surface area contributed by atoms with Gasteiger partial charge in [0.1, 0.15) is 11.6 Å². The minimum atomic E-state index is 0. The highest BCUT2D eigenvalue weighted by Crippen LogP contribution is 2.15. The maximum atomic E-state index is 5.21. The quantitative estimate of drug-likeness (QED) is 0.402. The average Bonchev–Trinajstić information content (AvgIpc) is 2.89. The van der Waals surface area contributed by atoms with Crippen molar-refractivity contribution in [3.8, 4) is 5.75 Å². The molecular weight excluding hydrogens is 455 g/mol. The molecular formula is C19H29IN6O. The van der Waals surface area contributed by atoms with Gasteiger partial charge >= 0.3 is 0 Å². The van der Waals surface area contributed by atoms with E-state index in [1.54, 1.807) is 14.2 Å². The molecule has 1 N–H and O–H groups in total. The van der Waals surface area contributed by atoms with Crippen molar-refractivity contribution in [2.45, 2.75) is 45.3 Å². The van der Waals surface area contributed by atoms with Crippen molar-refractivity contribution in [3.05, 3.63) is 41.5 Å². The normalized spacial score (nSPS) is 14.0. The highest BCUT2D eigenvalue weighted by molar-refractivity contribution is 14.0. The van der Waals surface area contributed by atoms with Crippen LogP contribution in [0.3, 0.4) is 0 Å². The summed E-state index contributed by atoms with van der Waals surface area (Å²) in [5, 5.41) is 12.1. The molecule has 0 saturated carbocycles. The number of methoxy groups -OCH3 is 1. The molecule has 1 aliphatic rings. The second-order valence-corrected chi connectivity index (χ2v) is 6.60. The van der Waals surface area contributed by atoms with Gasteiger partial charge in [-0.1, -0.05) is 18.6 Å². The van der Waals surface area contributed by atoms with Crippen LogP contribution in [-0.2, 0) is 26.1 Å². The van der Waals surface area contributed by atoms with Gasteiger partial charge in [-0.05, 0) is 30.5 Å². The van der Waals surface area contributed by atoms with E-state index in [1.165, 1.54) is 24.8 Å². The Morgan fingerprint density at radius 1 is 1.22 bits per heavy atom. The number of hydrogen-bond acceptors (Lipinski definition) is 4. The van der Waals surface area contributed by atoms with Gasteiger partial charge in [-0.15, -0.1) is 34.2 Å². The number of rotatable bonds is 5. The summed E-state index contributed by atoms with van der Waals surface area (Å²) in [7, 11) is 5.51. The van der Waals surface area contributed by atoms with Crippen LogP contribution in [-0.4, -0.2) is 46.8 Å². The second kappa shape index (κ2) is 10.5. The number of aromatic nitrogens is 3. The highest BCUT2D eigenvalue weighted by Gasteiger charge is 2.15. The van der Waals surface area contributed by atoms with E-state index in [0.717, 1.165) is 42.9 Å². The third-order valence-corrected chi connectivity index (χ3v) is 4.74. The number of benzene rings is 1.